The van der Waals surface area contributed by atoms with Gasteiger partial charge >= 0.3 is 5.97 Å². The van der Waals surface area contributed by atoms with Crippen LogP contribution in [0.15, 0.2) is 42.7 Å². The summed E-state index contributed by atoms with van der Waals surface area (Å²) >= 11 is 0. The molecule has 0 fully saturated rings. The first-order valence-corrected chi connectivity index (χ1v) is 5.71. The molecule has 5 heteroatoms. The molecule has 0 saturated heterocycles. The summed E-state index contributed by atoms with van der Waals surface area (Å²) in [5, 5.41) is 0. The topological polar surface area (TPSA) is 74.4 Å². The lowest BCUT2D eigenvalue weighted by molar-refractivity contribution is 0.0473. The fourth-order valence-electron chi connectivity index (χ4n) is 1.61. The number of para-hydroxylation sites is 1. The largest absolute Gasteiger partial charge is 0.495 e. The summed E-state index contributed by atoms with van der Waals surface area (Å²) in [6.07, 6.45) is 3.30. The second-order valence-corrected chi connectivity index (χ2v) is 3.86. The van der Waals surface area contributed by atoms with E-state index in [0.29, 0.717) is 11.3 Å². The van der Waals surface area contributed by atoms with Crippen molar-refractivity contribution in [2.24, 2.45) is 0 Å². The minimum atomic E-state index is -0.486. The van der Waals surface area contributed by atoms with E-state index in [1.165, 1.54) is 7.11 Å². The van der Waals surface area contributed by atoms with Crippen LogP contribution in [0.1, 0.15) is 15.9 Å². The number of nitrogens with zero attached hydrogens (tertiary/aromatic N) is 1. The first kappa shape index (κ1) is 12.9. The molecule has 5 nitrogen and oxygen atoms in total. The number of ether oxygens (including phenoxy) is 2. The SMILES string of the molecule is COc1cccc(C(=O)OCc2cccnc2)c1N. The molecule has 0 unspecified atom stereocenters. The van der Waals surface area contributed by atoms with Crippen LogP contribution in [-0.4, -0.2) is 18.1 Å². The van der Waals surface area contributed by atoms with Crippen LogP contribution in [0.5, 0.6) is 5.75 Å². The second-order valence-electron chi connectivity index (χ2n) is 3.86. The number of hydrogen-bond donors (Lipinski definition) is 1. The fourth-order valence-corrected chi connectivity index (χ4v) is 1.61. The summed E-state index contributed by atoms with van der Waals surface area (Å²) in [5.41, 5.74) is 7.22. The van der Waals surface area contributed by atoms with Gasteiger partial charge in [0.1, 0.15) is 12.4 Å². The Bertz CT molecular complexity index is 570. The van der Waals surface area contributed by atoms with Crippen LogP contribution < -0.4 is 10.5 Å². The Balaban J connectivity index is 2.08. The van der Waals surface area contributed by atoms with E-state index in [-0.39, 0.29) is 12.3 Å². The van der Waals surface area contributed by atoms with Crippen molar-refractivity contribution in [1.29, 1.82) is 0 Å². The molecule has 0 amide bonds. The number of hydrogen-bond acceptors (Lipinski definition) is 5. The highest BCUT2D eigenvalue weighted by Crippen LogP contribution is 2.25. The third-order valence-corrected chi connectivity index (χ3v) is 2.60. The van der Waals surface area contributed by atoms with E-state index in [2.05, 4.69) is 4.98 Å². The normalized spacial score (nSPS) is 9.95. The molecule has 1 heterocycles. The van der Waals surface area contributed by atoms with Crippen LogP contribution in [-0.2, 0) is 11.3 Å². The lowest BCUT2D eigenvalue weighted by Gasteiger charge is -2.09. The van der Waals surface area contributed by atoms with E-state index in [1.54, 1.807) is 36.7 Å². The van der Waals surface area contributed by atoms with Gasteiger partial charge in [-0.15, -0.1) is 0 Å². The van der Waals surface area contributed by atoms with Gasteiger partial charge in [-0.3, -0.25) is 4.98 Å². The van der Waals surface area contributed by atoms with Crippen LogP contribution in [0.3, 0.4) is 0 Å². The smallest absolute Gasteiger partial charge is 0.340 e. The molecule has 0 radical (unpaired) electrons. The number of pyridine rings is 1. The Kier molecular flexibility index (Phi) is 3.97. The molecule has 0 atom stereocenters. The molecule has 0 aliphatic rings. The summed E-state index contributed by atoms with van der Waals surface area (Å²) in [6, 6.07) is 8.59. The van der Waals surface area contributed by atoms with Crippen LogP contribution in [0.4, 0.5) is 5.69 Å². The van der Waals surface area contributed by atoms with Crippen molar-refractivity contribution in [3.8, 4) is 5.75 Å². The number of carbonyl (C=O) groups excluding carboxylic acids is 1. The maximum Gasteiger partial charge on any atom is 0.340 e. The molecule has 0 spiro atoms. The van der Waals surface area contributed by atoms with Crippen molar-refractivity contribution in [2.45, 2.75) is 6.61 Å². The lowest BCUT2D eigenvalue weighted by Crippen LogP contribution is -2.09. The summed E-state index contributed by atoms with van der Waals surface area (Å²) in [5.74, 6) is -0.0314. The fraction of sp³-hybridized carbons (Fsp3) is 0.143. The highest BCUT2D eigenvalue weighted by molar-refractivity contribution is 5.96. The highest BCUT2D eigenvalue weighted by atomic mass is 16.5. The third kappa shape index (κ3) is 3.01. The minimum Gasteiger partial charge on any atom is -0.495 e. The predicted molar refractivity (Wildman–Crippen MR) is 70.8 cm³/mol. The van der Waals surface area contributed by atoms with Crippen molar-refractivity contribution < 1.29 is 14.3 Å². The number of carbonyl (C=O) groups is 1. The van der Waals surface area contributed by atoms with E-state index in [1.807, 2.05) is 6.07 Å². The summed E-state index contributed by atoms with van der Waals surface area (Å²) in [4.78, 5) is 15.9. The molecule has 1 aromatic heterocycles. The molecule has 0 bridgehead atoms. The van der Waals surface area contributed by atoms with E-state index < -0.39 is 5.97 Å². The number of aromatic nitrogens is 1. The van der Waals surface area contributed by atoms with Gasteiger partial charge in [0.05, 0.1) is 18.4 Å². The van der Waals surface area contributed by atoms with Crippen LogP contribution >= 0.6 is 0 Å². The molecular formula is C14H14N2O3. The van der Waals surface area contributed by atoms with Crippen molar-refractivity contribution in [1.82, 2.24) is 4.98 Å². The Labute approximate surface area is 111 Å². The summed E-state index contributed by atoms with van der Waals surface area (Å²) < 4.78 is 10.2. The zero-order valence-electron chi connectivity index (χ0n) is 10.5. The number of anilines is 1. The first-order valence-electron chi connectivity index (χ1n) is 5.71. The second kappa shape index (κ2) is 5.86. The lowest BCUT2D eigenvalue weighted by atomic mass is 10.1. The van der Waals surface area contributed by atoms with Gasteiger partial charge in [-0.05, 0) is 18.2 Å². The van der Waals surface area contributed by atoms with Gasteiger partial charge in [0.15, 0.2) is 0 Å². The monoisotopic (exact) mass is 258 g/mol. The molecule has 98 valence electrons. The first-order chi connectivity index (χ1) is 9.22. The van der Waals surface area contributed by atoms with Gasteiger partial charge in [0.2, 0.25) is 0 Å². The minimum absolute atomic E-state index is 0.156. The van der Waals surface area contributed by atoms with Crippen LogP contribution in [0, 0.1) is 0 Å². The predicted octanol–water partition coefficient (Wildman–Crippen LogP) is 2.03. The highest BCUT2D eigenvalue weighted by Gasteiger charge is 2.14. The van der Waals surface area contributed by atoms with Crippen LogP contribution in [0.2, 0.25) is 0 Å². The molecule has 19 heavy (non-hydrogen) atoms. The van der Waals surface area contributed by atoms with Gasteiger partial charge in [0.25, 0.3) is 0 Å². The Morgan fingerprint density at radius 1 is 1.32 bits per heavy atom. The Morgan fingerprint density at radius 3 is 2.84 bits per heavy atom. The average Bonchev–Trinajstić information content (AvgIpc) is 2.46. The van der Waals surface area contributed by atoms with E-state index in [9.17, 15) is 4.79 Å². The van der Waals surface area contributed by atoms with Gasteiger partial charge in [-0.1, -0.05) is 12.1 Å². The summed E-state index contributed by atoms with van der Waals surface area (Å²) in [7, 11) is 1.50. The standard InChI is InChI=1S/C14H14N2O3/c1-18-12-6-2-5-11(13(12)15)14(17)19-9-10-4-3-7-16-8-10/h2-8H,9,15H2,1H3. The van der Waals surface area contributed by atoms with E-state index in [4.69, 9.17) is 15.2 Å². The third-order valence-electron chi connectivity index (χ3n) is 2.60. The van der Waals surface area contributed by atoms with Gasteiger partial charge in [-0.25, -0.2) is 4.79 Å². The summed E-state index contributed by atoms with van der Waals surface area (Å²) in [6.45, 7) is 0.156. The maximum absolute atomic E-state index is 11.9. The average molecular weight is 258 g/mol. The zero-order chi connectivity index (χ0) is 13.7. The number of nitrogen functional groups attached to an aromatic ring is 1. The van der Waals surface area contributed by atoms with Crippen LogP contribution in [0.25, 0.3) is 0 Å². The Hall–Kier alpha value is -2.56. The Morgan fingerprint density at radius 2 is 2.16 bits per heavy atom. The van der Waals surface area contributed by atoms with Crippen molar-refractivity contribution in [3.63, 3.8) is 0 Å². The van der Waals surface area contributed by atoms with E-state index >= 15 is 0 Å². The van der Waals surface area contributed by atoms with Crippen molar-refractivity contribution in [3.05, 3.63) is 53.9 Å². The number of esters is 1. The number of nitrogens with two attached hydrogens (primary N) is 1. The molecule has 1 aromatic carbocycles. The molecule has 2 rings (SSSR count). The number of methoxy groups -OCH3 is 1. The van der Waals surface area contributed by atoms with E-state index in [0.717, 1.165) is 5.56 Å². The zero-order valence-corrected chi connectivity index (χ0v) is 10.5. The van der Waals surface area contributed by atoms with Crippen molar-refractivity contribution in [2.75, 3.05) is 12.8 Å². The van der Waals surface area contributed by atoms with Gasteiger partial charge in [0, 0.05) is 18.0 Å². The molecule has 2 aromatic rings. The number of benzene rings is 1. The van der Waals surface area contributed by atoms with Gasteiger partial charge in [-0.2, -0.15) is 0 Å². The molecule has 0 saturated carbocycles. The molecule has 0 aliphatic carbocycles. The maximum atomic E-state index is 11.9. The quantitative estimate of drug-likeness (QED) is 0.671. The number of rotatable bonds is 4. The van der Waals surface area contributed by atoms with Crippen molar-refractivity contribution >= 4 is 11.7 Å². The van der Waals surface area contributed by atoms with Gasteiger partial charge < -0.3 is 15.2 Å². The molecular weight excluding hydrogens is 244 g/mol. The molecule has 2 N–H and O–H groups in total. The molecule has 0 aliphatic heterocycles.